The van der Waals surface area contributed by atoms with Gasteiger partial charge in [-0.25, -0.2) is 9.97 Å². The summed E-state index contributed by atoms with van der Waals surface area (Å²) in [6.45, 7) is 3.42. The van der Waals surface area contributed by atoms with Crippen LogP contribution in [0.25, 0.3) is 16.7 Å². The molecule has 1 amide bonds. The third-order valence-corrected chi connectivity index (χ3v) is 6.56. The van der Waals surface area contributed by atoms with E-state index in [1.165, 1.54) is 12.1 Å². The van der Waals surface area contributed by atoms with Gasteiger partial charge in [-0.3, -0.25) is 4.79 Å². The Morgan fingerprint density at radius 2 is 1.91 bits per heavy atom. The quantitative estimate of drug-likeness (QED) is 0.355. The van der Waals surface area contributed by atoms with E-state index in [-0.39, 0.29) is 11.3 Å². The molecule has 10 heteroatoms. The monoisotopic (exact) mass is 501 g/mol. The van der Waals surface area contributed by atoms with E-state index in [0.29, 0.717) is 34.1 Å². The molecule has 2 N–H and O–H groups in total. The van der Waals surface area contributed by atoms with Crippen molar-refractivity contribution in [2.75, 3.05) is 0 Å². The number of aromatic amines is 1. The minimum absolute atomic E-state index is 0.00980. The van der Waals surface area contributed by atoms with Crippen molar-refractivity contribution >= 4 is 28.5 Å². The van der Waals surface area contributed by atoms with Gasteiger partial charge >= 0.3 is 6.18 Å². The maximum atomic E-state index is 14.1. The molecular weight excluding hydrogens is 479 g/mol. The van der Waals surface area contributed by atoms with Crippen LogP contribution in [-0.4, -0.2) is 25.4 Å². The number of rotatable bonds is 4. The minimum atomic E-state index is -4.65. The molecule has 182 valence electrons. The van der Waals surface area contributed by atoms with Crippen LogP contribution < -0.4 is 5.32 Å². The lowest BCUT2D eigenvalue weighted by Gasteiger charge is -2.20. The average Bonchev–Trinajstić information content (AvgIpc) is 3.37. The van der Waals surface area contributed by atoms with E-state index in [1.807, 2.05) is 0 Å². The molecule has 1 atom stereocenters. The van der Waals surface area contributed by atoms with Crippen LogP contribution in [0.2, 0.25) is 5.02 Å². The Kier molecular flexibility index (Phi) is 5.83. The molecule has 35 heavy (non-hydrogen) atoms. The van der Waals surface area contributed by atoms with E-state index in [4.69, 9.17) is 11.6 Å². The molecule has 6 nitrogen and oxygen atoms in total. The Morgan fingerprint density at radius 3 is 2.69 bits per heavy atom. The summed E-state index contributed by atoms with van der Waals surface area (Å²) in [7, 11) is 0. The number of nitrogens with one attached hydrogen (secondary N) is 2. The van der Waals surface area contributed by atoms with Gasteiger partial charge < -0.3 is 14.9 Å². The van der Waals surface area contributed by atoms with Crippen molar-refractivity contribution in [2.45, 2.75) is 51.7 Å². The van der Waals surface area contributed by atoms with Crippen LogP contribution in [-0.2, 0) is 19.0 Å². The second-order valence-electron chi connectivity index (χ2n) is 8.80. The second kappa shape index (κ2) is 8.71. The lowest BCUT2D eigenvalue weighted by molar-refractivity contribution is -0.137. The lowest BCUT2D eigenvalue weighted by Crippen LogP contribution is -2.28. The van der Waals surface area contributed by atoms with Gasteiger partial charge in [0.25, 0.3) is 5.91 Å². The molecule has 0 fully saturated rings. The summed E-state index contributed by atoms with van der Waals surface area (Å²) in [6, 6.07) is 8.28. The SMILES string of the molecule is Cc1nc2c(n1-c1ccc(C(=O)NC(C)c3nc4ccc(Cl)cc4[nH]3)cc1C(F)(F)F)CCCC2. The van der Waals surface area contributed by atoms with Gasteiger partial charge in [-0.15, -0.1) is 0 Å². The summed E-state index contributed by atoms with van der Waals surface area (Å²) in [4.78, 5) is 24.9. The van der Waals surface area contributed by atoms with Crippen molar-refractivity contribution in [2.24, 2.45) is 0 Å². The van der Waals surface area contributed by atoms with Crippen LogP contribution >= 0.6 is 11.6 Å². The summed E-state index contributed by atoms with van der Waals surface area (Å²) < 4.78 is 44.0. The smallest absolute Gasteiger partial charge is 0.342 e. The van der Waals surface area contributed by atoms with Gasteiger partial charge in [0.1, 0.15) is 11.6 Å². The molecule has 1 aliphatic carbocycles. The van der Waals surface area contributed by atoms with Crippen molar-refractivity contribution in [3.63, 3.8) is 0 Å². The van der Waals surface area contributed by atoms with Crippen LogP contribution in [0.3, 0.4) is 0 Å². The highest BCUT2D eigenvalue weighted by molar-refractivity contribution is 6.31. The highest BCUT2D eigenvalue weighted by atomic mass is 35.5. The standard InChI is InChI=1S/C25H23ClF3N5O/c1-13(23-32-18-9-8-16(26)12-20(18)33-23)30-24(35)15-7-10-21(17(11-15)25(27,28)29)34-14(2)31-19-5-3-4-6-22(19)34/h7-13H,3-6H2,1-2H3,(H,30,35)(H,32,33). The Hall–Kier alpha value is -3.33. The van der Waals surface area contributed by atoms with E-state index in [9.17, 15) is 18.0 Å². The average molecular weight is 502 g/mol. The highest BCUT2D eigenvalue weighted by Gasteiger charge is 2.36. The number of fused-ring (bicyclic) bond motifs is 2. The molecule has 1 aliphatic rings. The zero-order valence-electron chi connectivity index (χ0n) is 19.1. The number of H-pyrrole nitrogens is 1. The van der Waals surface area contributed by atoms with Gasteiger partial charge in [-0.1, -0.05) is 11.6 Å². The molecule has 4 aromatic rings. The normalized spacial score (nSPS) is 14.7. The largest absolute Gasteiger partial charge is 0.418 e. The van der Waals surface area contributed by atoms with Gasteiger partial charge in [0.2, 0.25) is 0 Å². The fourth-order valence-electron chi connectivity index (χ4n) is 4.65. The number of aryl methyl sites for hydroxylation is 2. The number of imidazole rings is 2. The molecule has 0 aliphatic heterocycles. The van der Waals surface area contributed by atoms with Gasteiger partial charge in [0.15, 0.2) is 0 Å². The Bertz CT molecular complexity index is 1440. The minimum Gasteiger partial charge on any atom is -0.342 e. The third-order valence-electron chi connectivity index (χ3n) is 6.33. The summed E-state index contributed by atoms with van der Waals surface area (Å²) in [5.41, 5.74) is 2.08. The first-order valence-electron chi connectivity index (χ1n) is 11.4. The van der Waals surface area contributed by atoms with Crippen LogP contribution in [0.1, 0.15) is 64.8 Å². The molecule has 0 bridgehead atoms. The second-order valence-corrected chi connectivity index (χ2v) is 9.24. The summed E-state index contributed by atoms with van der Waals surface area (Å²) >= 11 is 6.01. The summed E-state index contributed by atoms with van der Waals surface area (Å²) in [6.07, 6.45) is -1.32. The topological polar surface area (TPSA) is 75.6 Å². The number of hydrogen-bond acceptors (Lipinski definition) is 3. The number of benzene rings is 2. The molecular formula is C25H23ClF3N5O. The fourth-order valence-corrected chi connectivity index (χ4v) is 4.82. The number of amides is 1. The number of carbonyl (C=O) groups is 1. The van der Waals surface area contributed by atoms with Gasteiger partial charge in [-0.2, -0.15) is 13.2 Å². The van der Waals surface area contributed by atoms with Crippen LogP contribution in [0.4, 0.5) is 13.2 Å². The molecule has 5 rings (SSSR count). The van der Waals surface area contributed by atoms with Crippen molar-refractivity contribution in [1.82, 2.24) is 24.8 Å². The Labute approximate surface area is 204 Å². The Morgan fingerprint density at radius 1 is 1.14 bits per heavy atom. The van der Waals surface area contributed by atoms with Crippen molar-refractivity contribution in [3.8, 4) is 5.69 Å². The number of alkyl halides is 3. The first-order valence-corrected chi connectivity index (χ1v) is 11.7. The van der Waals surface area contributed by atoms with E-state index >= 15 is 0 Å². The van der Waals surface area contributed by atoms with Crippen LogP contribution in [0, 0.1) is 6.92 Å². The van der Waals surface area contributed by atoms with Gasteiger partial charge in [0, 0.05) is 16.3 Å². The molecule has 0 saturated carbocycles. The number of hydrogen-bond donors (Lipinski definition) is 2. The molecule has 0 saturated heterocycles. The first kappa shape index (κ1) is 23.4. The summed E-state index contributed by atoms with van der Waals surface area (Å²) in [5, 5.41) is 3.27. The maximum absolute atomic E-state index is 14.1. The Balaban J connectivity index is 1.46. The molecule has 0 radical (unpaired) electrons. The van der Waals surface area contributed by atoms with Gasteiger partial charge in [-0.05, 0) is 75.9 Å². The van der Waals surface area contributed by atoms with Crippen molar-refractivity contribution in [3.05, 3.63) is 75.6 Å². The number of aromatic nitrogens is 4. The van der Waals surface area contributed by atoms with Crippen LogP contribution in [0.5, 0.6) is 0 Å². The van der Waals surface area contributed by atoms with E-state index < -0.39 is 23.7 Å². The van der Waals surface area contributed by atoms with E-state index in [0.717, 1.165) is 36.7 Å². The van der Waals surface area contributed by atoms with Crippen molar-refractivity contribution < 1.29 is 18.0 Å². The first-order chi connectivity index (χ1) is 16.6. The molecule has 0 spiro atoms. The highest BCUT2D eigenvalue weighted by Crippen LogP contribution is 2.37. The zero-order chi connectivity index (χ0) is 24.9. The maximum Gasteiger partial charge on any atom is 0.418 e. The third kappa shape index (κ3) is 4.40. The number of nitrogens with zero attached hydrogens (tertiary/aromatic N) is 3. The predicted octanol–water partition coefficient (Wildman–Crippen LogP) is 6.10. The molecule has 2 aromatic carbocycles. The van der Waals surface area contributed by atoms with E-state index in [1.54, 1.807) is 36.6 Å². The van der Waals surface area contributed by atoms with Crippen molar-refractivity contribution in [1.29, 1.82) is 0 Å². The molecule has 1 unspecified atom stereocenters. The zero-order valence-corrected chi connectivity index (χ0v) is 19.9. The predicted molar refractivity (Wildman–Crippen MR) is 127 cm³/mol. The van der Waals surface area contributed by atoms with Crippen LogP contribution in [0.15, 0.2) is 36.4 Å². The summed E-state index contributed by atoms with van der Waals surface area (Å²) in [5.74, 6) is 0.361. The lowest BCUT2D eigenvalue weighted by atomic mass is 10.0. The molecule has 2 aromatic heterocycles. The van der Waals surface area contributed by atoms with E-state index in [2.05, 4.69) is 20.3 Å². The number of carbonyl (C=O) groups excluding carboxylic acids is 1. The van der Waals surface area contributed by atoms with Gasteiger partial charge in [0.05, 0.1) is 34.0 Å². The fraction of sp³-hybridized carbons (Fsp3) is 0.320. The number of halogens is 4. The molecule has 2 heterocycles.